The van der Waals surface area contributed by atoms with Crippen molar-refractivity contribution in [3.8, 4) is 5.75 Å². The number of rotatable bonds is 10. The Kier molecular flexibility index (Phi) is 8.84. The Labute approximate surface area is 186 Å². The van der Waals surface area contributed by atoms with E-state index < -0.39 is 52.7 Å². The zero-order chi connectivity index (χ0) is 23.9. The molecule has 0 fully saturated rings. The highest BCUT2D eigenvalue weighted by molar-refractivity contribution is 7.89. The third-order valence-corrected chi connectivity index (χ3v) is 5.81. The van der Waals surface area contributed by atoms with Gasteiger partial charge in [0.15, 0.2) is 6.61 Å². The van der Waals surface area contributed by atoms with Crippen molar-refractivity contribution < 1.29 is 40.6 Å². The molecule has 0 saturated carbocycles. The van der Waals surface area contributed by atoms with Gasteiger partial charge in [0.05, 0.1) is 21.6 Å². The van der Waals surface area contributed by atoms with Gasteiger partial charge in [-0.1, -0.05) is 11.6 Å². The van der Waals surface area contributed by atoms with Crippen LogP contribution in [0.4, 0.5) is 17.6 Å². The molecule has 0 saturated heterocycles. The summed E-state index contributed by atoms with van der Waals surface area (Å²) in [7, 11) is -4.13. The Balaban J connectivity index is 1.72. The van der Waals surface area contributed by atoms with Crippen LogP contribution in [0.2, 0.25) is 5.02 Å². The molecule has 0 aliphatic carbocycles. The van der Waals surface area contributed by atoms with E-state index in [9.17, 15) is 35.9 Å². The summed E-state index contributed by atoms with van der Waals surface area (Å²) < 4.78 is 82.4. The van der Waals surface area contributed by atoms with E-state index >= 15 is 0 Å². The molecule has 0 aromatic heterocycles. The number of aliphatic hydroxyl groups excluding tert-OH is 1. The van der Waals surface area contributed by atoms with E-state index in [1.54, 1.807) is 0 Å². The summed E-state index contributed by atoms with van der Waals surface area (Å²) >= 11 is 5.54. The third kappa shape index (κ3) is 7.93. The van der Waals surface area contributed by atoms with Crippen molar-refractivity contribution in [1.82, 2.24) is 10.0 Å². The SMILES string of the molecule is O=C(COc1ccc(Cl)c(F)c1)NCC[C@H](O)CNS(=O)(=O)c1ccc(C(F)(F)F)cc1. The minimum absolute atomic E-state index is 0.0135. The van der Waals surface area contributed by atoms with Crippen LogP contribution < -0.4 is 14.8 Å². The number of aliphatic hydroxyl groups is 1. The van der Waals surface area contributed by atoms with E-state index in [0.29, 0.717) is 12.1 Å². The molecule has 1 atom stereocenters. The van der Waals surface area contributed by atoms with Gasteiger partial charge in [-0.3, -0.25) is 4.79 Å². The van der Waals surface area contributed by atoms with Gasteiger partial charge in [-0.2, -0.15) is 13.2 Å². The fourth-order valence-electron chi connectivity index (χ4n) is 2.36. The average Bonchev–Trinajstić information content (AvgIpc) is 2.72. The first-order valence-electron chi connectivity index (χ1n) is 9.08. The number of halogens is 5. The summed E-state index contributed by atoms with van der Waals surface area (Å²) in [5, 5.41) is 12.2. The van der Waals surface area contributed by atoms with Crippen LogP contribution in [0, 0.1) is 5.82 Å². The number of benzene rings is 2. The molecule has 1 amide bonds. The van der Waals surface area contributed by atoms with Crippen molar-refractivity contribution in [2.45, 2.75) is 23.6 Å². The third-order valence-electron chi connectivity index (χ3n) is 4.06. The first kappa shape index (κ1) is 25.8. The van der Waals surface area contributed by atoms with Crippen LogP contribution >= 0.6 is 11.6 Å². The lowest BCUT2D eigenvalue weighted by atomic mass is 10.2. The maximum absolute atomic E-state index is 13.3. The molecule has 0 spiro atoms. The maximum atomic E-state index is 13.3. The van der Waals surface area contributed by atoms with E-state index in [1.165, 1.54) is 12.1 Å². The van der Waals surface area contributed by atoms with Crippen molar-refractivity contribution in [2.75, 3.05) is 19.7 Å². The number of ether oxygens (including phenoxy) is 1. The highest BCUT2D eigenvalue weighted by atomic mass is 35.5. The number of carbonyl (C=O) groups is 1. The molecule has 0 radical (unpaired) electrons. The molecule has 32 heavy (non-hydrogen) atoms. The zero-order valence-electron chi connectivity index (χ0n) is 16.3. The molecule has 3 N–H and O–H groups in total. The van der Waals surface area contributed by atoms with Crippen LogP contribution in [0.1, 0.15) is 12.0 Å². The standard InChI is InChI=1S/C19H19ClF4N2O5S/c20-16-6-3-14(9-17(16)21)31-11-18(28)25-8-7-13(27)10-26-32(29,30)15-4-1-12(2-5-15)19(22,23)24/h1-6,9,13,26-27H,7-8,10-11H2,(H,25,28)/t13-/m0/s1. The van der Waals surface area contributed by atoms with Gasteiger partial charge in [-0.15, -0.1) is 0 Å². The lowest BCUT2D eigenvalue weighted by molar-refractivity contribution is -0.137. The number of hydrogen-bond acceptors (Lipinski definition) is 5. The largest absolute Gasteiger partial charge is 0.484 e. The summed E-state index contributed by atoms with van der Waals surface area (Å²) in [6, 6.07) is 6.57. The van der Waals surface area contributed by atoms with Crippen molar-refractivity contribution >= 4 is 27.5 Å². The molecule has 0 unspecified atom stereocenters. The molecule has 2 rings (SSSR count). The first-order chi connectivity index (χ1) is 14.9. The minimum atomic E-state index is -4.59. The summed E-state index contributed by atoms with van der Waals surface area (Å²) in [5.41, 5.74) is -0.989. The van der Waals surface area contributed by atoms with E-state index in [4.69, 9.17) is 16.3 Å². The monoisotopic (exact) mass is 498 g/mol. The first-order valence-corrected chi connectivity index (χ1v) is 10.9. The normalized spacial score (nSPS) is 12.9. The van der Waals surface area contributed by atoms with Crippen molar-refractivity contribution in [3.05, 3.63) is 58.9 Å². The molecule has 176 valence electrons. The van der Waals surface area contributed by atoms with Crippen LogP contribution in [0.3, 0.4) is 0 Å². The molecular formula is C19H19ClF4N2O5S. The number of amides is 1. The van der Waals surface area contributed by atoms with E-state index in [2.05, 4.69) is 10.0 Å². The van der Waals surface area contributed by atoms with E-state index in [1.807, 2.05) is 0 Å². The van der Waals surface area contributed by atoms with Crippen LogP contribution in [0.25, 0.3) is 0 Å². The second kappa shape index (κ2) is 10.9. The Morgan fingerprint density at radius 3 is 2.41 bits per heavy atom. The van der Waals surface area contributed by atoms with Crippen LogP contribution in [0.5, 0.6) is 5.75 Å². The summed E-state index contributed by atoms with van der Waals surface area (Å²) in [6.45, 7) is -0.849. The zero-order valence-corrected chi connectivity index (χ0v) is 17.9. The van der Waals surface area contributed by atoms with Gasteiger partial charge >= 0.3 is 6.18 Å². The van der Waals surface area contributed by atoms with Gasteiger partial charge in [0.2, 0.25) is 10.0 Å². The van der Waals surface area contributed by atoms with E-state index in [-0.39, 0.29) is 28.6 Å². The summed E-state index contributed by atoms with van der Waals surface area (Å²) in [6.07, 6.45) is -5.78. The molecule has 7 nitrogen and oxygen atoms in total. The summed E-state index contributed by atoms with van der Waals surface area (Å²) in [5.74, 6) is -1.16. The van der Waals surface area contributed by atoms with Crippen molar-refractivity contribution in [3.63, 3.8) is 0 Å². The highest BCUT2D eigenvalue weighted by Gasteiger charge is 2.30. The fraction of sp³-hybridized carbons (Fsp3) is 0.316. The van der Waals surface area contributed by atoms with Crippen LogP contribution in [-0.2, 0) is 21.0 Å². The molecular weight excluding hydrogens is 480 g/mol. The average molecular weight is 499 g/mol. The molecule has 13 heteroatoms. The molecule has 0 heterocycles. The Hall–Kier alpha value is -2.41. The number of alkyl halides is 3. The van der Waals surface area contributed by atoms with Gasteiger partial charge < -0.3 is 15.2 Å². The second-order valence-corrected chi connectivity index (χ2v) is 8.71. The number of hydrogen-bond donors (Lipinski definition) is 3. The smallest absolute Gasteiger partial charge is 0.416 e. The fourth-order valence-corrected chi connectivity index (χ4v) is 3.55. The van der Waals surface area contributed by atoms with Crippen LogP contribution in [-0.4, -0.2) is 45.2 Å². The van der Waals surface area contributed by atoms with Gasteiger partial charge in [0.25, 0.3) is 5.91 Å². The topological polar surface area (TPSA) is 105 Å². The lowest BCUT2D eigenvalue weighted by Gasteiger charge is -2.14. The quantitative estimate of drug-likeness (QED) is 0.437. The van der Waals surface area contributed by atoms with Crippen molar-refractivity contribution in [2.24, 2.45) is 0 Å². The van der Waals surface area contributed by atoms with Crippen LogP contribution in [0.15, 0.2) is 47.4 Å². The molecule has 0 bridgehead atoms. The second-order valence-electron chi connectivity index (χ2n) is 6.53. The summed E-state index contributed by atoms with van der Waals surface area (Å²) in [4.78, 5) is 11.3. The predicted molar refractivity (Wildman–Crippen MR) is 107 cm³/mol. The van der Waals surface area contributed by atoms with Gasteiger partial charge in [-0.25, -0.2) is 17.5 Å². The van der Waals surface area contributed by atoms with Crippen molar-refractivity contribution in [1.29, 1.82) is 0 Å². The minimum Gasteiger partial charge on any atom is -0.484 e. The van der Waals surface area contributed by atoms with Gasteiger partial charge in [0.1, 0.15) is 11.6 Å². The maximum Gasteiger partial charge on any atom is 0.416 e. The Morgan fingerprint density at radius 1 is 1.16 bits per heavy atom. The van der Waals surface area contributed by atoms with Gasteiger partial charge in [-0.05, 0) is 42.8 Å². The number of nitrogens with one attached hydrogen (secondary N) is 2. The molecule has 2 aromatic carbocycles. The van der Waals surface area contributed by atoms with Gasteiger partial charge in [0, 0.05) is 19.2 Å². The molecule has 0 aliphatic heterocycles. The Bertz CT molecular complexity index is 1030. The highest BCUT2D eigenvalue weighted by Crippen LogP contribution is 2.29. The Morgan fingerprint density at radius 2 is 1.81 bits per heavy atom. The number of sulfonamides is 1. The van der Waals surface area contributed by atoms with E-state index in [0.717, 1.165) is 18.2 Å². The molecule has 2 aromatic rings. The molecule has 0 aliphatic rings. The number of carbonyl (C=O) groups excluding carboxylic acids is 1. The lowest BCUT2D eigenvalue weighted by Crippen LogP contribution is -2.36. The predicted octanol–water partition coefficient (Wildman–Crippen LogP) is 2.72.